The number of rotatable bonds is 10. The number of hydrogen-bond acceptors (Lipinski definition) is 5. The molecule has 0 bridgehead atoms. The second-order valence-electron chi connectivity index (χ2n) is 6.62. The van der Waals surface area contributed by atoms with Crippen LogP contribution < -0.4 is 15.8 Å². The highest BCUT2D eigenvalue weighted by Crippen LogP contribution is 2.27. The van der Waals surface area contributed by atoms with Crippen LogP contribution in [0.5, 0.6) is 5.75 Å². The van der Waals surface area contributed by atoms with E-state index in [1.54, 1.807) is 30.3 Å². The van der Waals surface area contributed by atoms with Crippen LogP contribution >= 0.6 is 0 Å². The third kappa shape index (κ3) is 6.72. The molecule has 2 aromatic carbocycles. The van der Waals surface area contributed by atoms with Gasteiger partial charge in [0.2, 0.25) is 5.91 Å². The van der Waals surface area contributed by atoms with Crippen LogP contribution in [0.1, 0.15) is 31.4 Å². The summed E-state index contributed by atoms with van der Waals surface area (Å²) in [5.74, 6) is 0.455. The molecule has 5 N–H and O–H groups in total. The number of benzene rings is 2. The summed E-state index contributed by atoms with van der Waals surface area (Å²) in [7, 11) is 0. The van der Waals surface area contributed by atoms with Crippen molar-refractivity contribution in [3.8, 4) is 5.75 Å². The van der Waals surface area contributed by atoms with E-state index in [1.807, 2.05) is 31.2 Å². The largest absolute Gasteiger partial charge is 0.491 e. The van der Waals surface area contributed by atoms with Gasteiger partial charge in [0.25, 0.3) is 0 Å². The third-order valence-corrected chi connectivity index (χ3v) is 4.40. The van der Waals surface area contributed by atoms with Gasteiger partial charge >= 0.3 is 0 Å². The van der Waals surface area contributed by atoms with Gasteiger partial charge in [-0.2, -0.15) is 0 Å². The van der Waals surface area contributed by atoms with Gasteiger partial charge in [0.05, 0.1) is 24.1 Å². The smallest absolute Gasteiger partial charge is 0.248 e. The van der Waals surface area contributed by atoms with Crippen LogP contribution in [0.15, 0.2) is 60.7 Å². The van der Waals surface area contributed by atoms with Crippen molar-refractivity contribution in [2.75, 3.05) is 24.3 Å². The number of carbonyl (C=O) groups excluding carboxylic acids is 1. The summed E-state index contributed by atoms with van der Waals surface area (Å²) in [6.45, 7) is 2.18. The van der Waals surface area contributed by atoms with Gasteiger partial charge in [0.1, 0.15) is 12.4 Å². The summed E-state index contributed by atoms with van der Waals surface area (Å²) in [5.41, 5.74) is 7.72. The van der Waals surface area contributed by atoms with E-state index < -0.39 is 6.10 Å². The lowest BCUT2D eigenvalue weighted by Gasteiger charge is -2.19. The van der Waals surface area contributed by atoms with Crippen LogP contribution in [-0.4, -0.2) is 29.3 Å². The summed E-state index contributed by atoms with van der Waals surface area (Å²) in [6, 6.07) is 14.3. The molecular weight excluding hydrogens is 356 g/mol. The average Bonchev–Trinajstić information content (AvgIpc) is 2.71. The molecular formula is C22H28N2O4. The van der Waals surface area contributed by atoms with Gasteiger partial charge in [-0.1, -0.05) is 37.3 Å². The molecule has 0 fully saturated rings. The first-order chi connectivity index (χ1) is 13.5. The SMILES string of the molecule is C[C@H](CC/C=C/C(=O)Nc1ccccc1N)[C@H](O)c1ccc(OCCO)cc1. The van der Waals surface area contributed by atoms with Crippen LogP contribution in [0, 0.1) is 5.92 Å². The van der Waals surface area contributed by atoms with Crippen molar-refractivity contribution in [3.63, 3.8) is 0 Å². The van der Waals surface area contributed by atoms with Gasteiger partial charge in [-0.15, -0.1) is 0 Å². The van der Waals surface area contributed by atoms with Crippen molar-refractivity contribution in [2.24, 2.45) is 5.92 Å². The Labute approximate surface area is 165 Å². The second kappa shape index (κ2) is 11.1. The number of carbonyl (C=O) groups is 1. The van der Waals surface area contributed by atoms with Crippen LogP contribution in [0.3, 0.4) is 0 Å². The molecule has 2 atom stereocenters. The van der Waals surface area contributed by atoms with E-state index in [2.05, 4.69) is 5.32 Å². The van der Waals surface area contributed by atoms with E-state index in [9.17, 15) is 9.90 Å². The maximum absolute atomic E-state index is 11.9. The van der Waals surface area contributed by atoms with Crippen LogP contribution in [-0.2, 0) is 4.79 Å². The Bertz CT molecular complexity index is 774. The number of para-hydroxylation sites is 2. The summed E-state index contributed by atoms with van der Waals surface area (Å²) in [6.07, 6.45) is 4.09. The van der Waals surface area contributed by atoms with Crippen molar-refractivity contribution in [1.29, 1.82) is 0 Å². The molecule has 0 saturated heterocycles. The quantitative estimate of drug-likeness (QED) is 0.372. The number of ether oxygens (including phenoxy) is 1. The fraction of sp³-hybridized carbons (Fsp3) is 0.318. The highest BCUT2D eigenvalue weighted by atomic mass is 16.5. The van der Waals surface area contributed by atoms with Crippen molar-refractivity contribution in [2.45, 2.75) is 25.9 Å². The first-order valence-electron chi connectivity index (χ1n) is 9.35. The molecule has 6 heteroatoms. The van der Waals surface area contributed by atoms with E-state index >= 15 is 0 Å². The minimum Gasteiger partial charge on any atom is -0.491 e. The van der Waals surface area contributed by atoms with Crippen molar-refractivity contribution >= 4 is 17.3 Å². The van der Waals surface area contributed by atoms with Gasteiger partial charge in [-0.05, 0) is 54.7 Å². The Balaban J connectivity index is 1.77. The van der Waals surface area contributed by atoms with E-state index in [-0.39, 0.29) is 25.0 Å². The lowest BCUT2D eigenvalue weighted by Crippen LogP contribution is -2.10. The van der Waals surface area contributed by atoms with Crippen LogP contribution in [0.25, 0.3) is 0 Å². The van der Waals surface area contributed by atoms with E-state index in [4.69, 9.17) is 15.6 Å². The lowest BCUT2D eigenvalue weighted by molar-refractivity contribution is -0.111. The van der Waals surface area contributed by atoms with Crippen LogP contribution in [0.2, 0.25) is 0 Å². The molecule has 0 unspecified atom stereocenters. The standard InChI is InChI=1S/C22H28N2O4/c1-16(22(27)17-10-12-18(13-11-17)28-15-14-25)6-2-5-9-21(26)24-20-8-4-3-7-19(20)23/h3-5,7-13,16,22,25,27H,2,6,14-15,23H2,1H3,(H,24,26)/b9-5+/t16-,22+/m1/s1. The van der Waals surface area contributed by atoms with Gasteiger partial charge in [-0.3, -0.25) is 4.79 Å². The van der Waals surface area contributed by atoms with Gasteiger partial charge in [0, 0.05) is 0 Å². The lowest BCUT2D eigenvalue weighted by atomic mass is 9.93. The Morgan fingerprint density at radius 2 is 1.93 bits per heavy atom. The van der Waals surface area contributed by atoms with Crippen LogP contribution in [0.4, 0.5) is 11.4 Å². The summed E-state index contributed by atoms with van der Waals surface area (Å²) < 4.78 is 5.32. The number of nitrogens with one attached hydrogen (secondary N) is 1. The maximum Gasteiger partial charge on any atom is 0.248 e. The molecule has 0 aromatic heterocycles. The summed E-state index contributed by atoms with van der Waals surface area (Å²) >= 11 is 0. The van der Waals surface area contributed by atoms with Gasteiger partial charge in [-0.25, -0.2) is 0 Å². The number of anilines is 2. The Hall–Kier alpha value is -2.83. The van der Waals surface area contributed by atoms with Gasteiger partial charge < -0.3 is 26.0 Å². The number of aliphatic hydroxyl groups is 2. The summed E-state index contributed by atoms with van der Waals surface area (Å²) in [5, 5.41) is 22.0. The Morgan fingerprint density at radius 1 is 1.21 bits per heavy atom. The average molecular weight is 384 g/mol. The fourth-order valence-corrected chi connectivity index (χ4v) is 2.75. The predicted molar refractivity (Wildman–Crippen MR) is 111 cm³/mol. The highest BCUT2D eigenvalue weighted by Gasteiger charge is 2.15. The second-order valence-corrected chi connectivity index (χ2v) is 6.62. The number of nitrogens with two attached hydrogens (primary N) is 1. The molecule has 0 aliphatic heterocycles. The molecule has 2 aromatic rings. The highest BCUT2D eigenvalue weighted by molar-refractivity contribution is 6.01. The zero-order valence-corrected chi connectivity index (χ0v) is 16.0. The number of allylic oxidation sites excluding steroid dienone is 1. The Kier molecular flexibility index (Phi) is 8.52. The molecule has 0 spiro atoms. The normalized spacial score (nSPS) is 13.2. The van der Waals surface area contributed by atoms with E-state index in [1.165, 1.54) is 6.08 Å². The molecule has 1 amide bonds. The molecule has 0 heterocycles. The first-order valence-corrected chi connectivity index (χ1v) is 9.35. The fourth-order valence-electron chi connectivity index (χ4n) is 2.75. The molecule has 2 rings (SSSR count). The molecule has 0 radical (unpaired) electrons. The van der Waals surface area contributed by atoms with Crippen molar-refractivity contribution in [3.05, 3.63) is 66.2 Å². The minimum atomic E-state index is -0.599. The van der Waals surface area contributed by atoms with Gasteiger partial charge in [0.15, 0.2) is 0 Å². The Morgan fingerprint density at radius 3 is 2.61 bits per heavy atom. The van der Waals surface area contributed by atoms with Crippen molar-refractivity contribution in [1.82, 2.24) is 0 Å². The molecule has 0 aliphatic rings. The van der Waals surface area contributed by atoms with E-state index in [0.29, 0.717) is 23.5 Å². The summed E-state index contributed by atoms with van der Waals surface area (Å²) in [4.78, 5) is 11.9. The monoisotopic (exact) mass is 384 g/mol. The molecule has 150 valence electrons. The van der Waals surface area contributed by atoms with E-state index in [0.717, 1.165) is 12.0 Å². The molecule has 0 aliphatic carbocycles. The number of hydrogen-bond donors (Lipinski definition) is 4. The third-order valence-electron chi connectivity index (χ3n) is 4.40. The molecule has 0 saturated carbocycles. The van der Waals surface area contributed by atoms with Crippen molar-refractivity contribution < 1.29 is 19.7 Å². The zero-order chi connectivity index (χ0) is 20.4. The topological polar surface area (TPSA) is 105 Å². The zero-order valence-electron chi connectivity index (χ0n) is 16.0. The predicted octanol–water partition coefficient (Wildman–Crippen LogP) is 3.28. The molecule has 6 nitrogen and oxygen atoms in total. The molecule has 28 heavy (non-hydrogen) atoms. The number of nitrogen functional groups attached to an aromatic ring is 1. The number of amides is 1. The minimum absolute atomic E-state index is 0.0293. The first kappa shape index (κ1) is 21.5. The number of aliphatic hydroxyl groups excluding tert-OH is 2. The maximum atomic E-state index is 11.9.